The molecule has 0 aliphatic carbocycles. The van der Waals surface area contributed by atoms with E-state index in [1.165, 1.54) is 0 Å². The van der Waals surface area contributed by atoms with Gasteiger partial charge in [0.25, 0.3) is 0 Å². The van der Waals surface area contributed by atoms with Crippen LogP contribution in [0, 0.1) is 5.92 Å². The molecule has 0 saturated heterocycles. The van der Waals surface area contributed by atoms with E-state index in [1.54, 1.807) is 0 Å². The number of hydrogen-bond donors (Lipinski definition) is 3. The lowest BCUT2D eigenvalue weighted by molar-refractivity contribution is -0.142. The van der Waals surface area contributed by atoms with Crippen molar-refractivity contribution in [3.63, 3.8) is 0 Å². The van der Waals surface area contributed by atoms with Crippen molar-refractivity contribution in [2.75, 3.05) is 13.1 Å². The highest BCUT2D eigenvalue weighted by Gasteiger charge is 2.17. The van der Waals surface area contributed by atoms with E-state index in [2.05, 4.69) is 10.6 Å². The Bertz CT molecular complexity index is 292. The highest BCUT2D eigenvalue weighted by Crippen LogP contribution is 2.04. The molecule has 0 aromatic rings. The van der Waals surface area contributed by atoms with Gasteiger partial charge in [-0.25, -0.2) is 0 Å². The van der Waals surface area contributed by atoms with E-state index in [0.29, 0.717) is 12.8 Å². The summed E-state index contributed by atoms with van der Waals surface area (Å²) >= 11 is 0. The predicted octanol–water partition coefficient (Wildman–Crippen LogP) is 0.520. The first-order chi connectivity index (χ1) is 8.51. The summed E-state index contributed by atoms with van der Waals surface area (Å²) in [5, 5.41) is 13.9. The number of amides is 2. The Balaban J connectivity index is 3.87. The van der Waals surface area contributed by atoms with Crippen LogP contribution in [0.4, 0.5) is 0 Å². The molecule has 6 nitrogen and oxygen atoms in total. The molecule has 2 amide bonds. The SMILES string of the molecule is CCCC(=O)NCC(=O)NCC(CCC)C(=O)O. The second-order valence-corrected chi connectivity index (χ2v) is 4.15. The number of carbonyl (C=O) groups excluding carboxylic acids is 2. The summed E-state index contributed by atoms with van der Waals surface area (Å²) in [6.45, 7) is 3.77. The summed E-state index contributed by atoms with van der Waals surface area (Å²) in [6.07, 6.45) is 2.39. The fraction of sp³-hybridized carbons (Fsp3) is 0.750. The molecule has 0 spiro atoms. The van der Waals surface area contributed by atoms with Crippen molar-refractivity contribution in [1.29, 1.82) is 0 Å². The highest BCUT2D eigenvalue weighted by molar-refractivity contribution is 5.84. The fourth-order valence-corrected chi connectivity index (χ4v) is 1.46. The lowest BCUT2D eigenvalue weighted by Gasteiger charge is -2.12. The van der Waals surface area contributed by atoms with Gasteiger partial charge in [-0.2, -0.15) is 0 Å². The molecule has 18 heavy (non-hydrogen) atoms. The van der Waals surface area contributed by atoms with Gasteiger partial charge in [0.2, 0.25) is 11.8 Å². The minimum absolute atomic E-state index is 0.0999. The lowest BCUT2D eigenvalue weighted by atomic mass is 10.0. The van der Waals surface area contributed by atoms with Crippen molar-refractivity contribution in [3.8, 4) is 0 Å². The third kappa shape index (κ3) is 7.65. The van der Waals surface area contributed by atoms with Crippen LogP contribution in [0.2, 0.25) is 0 Å². The third-order valence-electron chi connectivity index (χ3n) is 2.46. The molecule has 0 fully saturated rings. The highest BCUT2D eigenvalue weighted by atomic mass is 16.4. The van der Waals surface area contributed by atoms with Crippen LogP contribution in [0.5, 0.6) is 0 Å². The molecule has 1 unspecified atom stereocenters. The molecule has 0 aliphatic heterocycles. The zero-order valence-corrected chi connectivity index (χ0v) is 11.0. The van der Waals surface area contributed by atoms with Gasteiger partial charge in [0, 0.05) is 13.0 Å². The number of hydrogen-bond acceptors (Lipinski definition) is 3. The van der Waals surface area contributed by atoms with E-state index in [1.807, 2.05) is 13.8 Å². The third-order valence-corrected chi connectivity index (χ3v) is 2.46. The van der Waals surface area contributed by atoms with Gasteiger partial charge in [-0.3, -0.25) is 14.4 Å². The van der Waals surface area contributed by atoms with E-state index in [9.17, 15) is 14.4 Å². The van der Waals surface area contributed by atoms with Gasteiger partial charge in [-0.1, -0.05) is 20.3 Å². The van der Waals surface area contributed by atoms with Gasteiger partial charge >= 0.3 is 5.97 Å². The van der Waals surface area contributed by atoms with Crippen LogP contribution >= 0.6 is 0 Å². The number of nitrogens with one attached hydrogen (secondary N) is 2. The van der Waals surface area contributed by atoms with Gasteiger partial charge in [0.15, 0.2) is 0 Å². The number of carbonyl (C=O) groups is 3. The second-order valence-electron chi connectivity index (χ2n) is 4.15. The summed E-state index contributed by atoms with van der Waals surface area (Å²) in [5.41, 5.74) is 0. The van der Waals surface area contributed by atoms with Gasteiger partial charge in [-0.05, 0) is 12.8 Å². The summed E-state index contributed by atoms with van der Waals surface area (Å²) < 4.78 is 0. The number of rotatable bonds is 9. The fourth-order valence-electron chi connectivity index (χ4n) is 1.46. The van der Waals surface area contributed by atoms with E-state index in [4.69, 9.17) is 5.11 Å². The Morgan fingerprint density at radius 1 is 1.06 bits per heavy atom. The van der Waals surface area contributed by atoms with E-state index >= 15 is 0 Å². The maximum absolute atomic E-state index is 11.4. The van der Waals surface area contributed by atoms with Crippen molar-refractivity contribution in [2.45, 2.75) is 39.5 Å². The first-order valence-electron chi connectivity index (χ1n) is 6.27. The van der Waals surface area contributed by atoms with Crippen LogP contribution in [0.1, 0.15) is 39.5 Å². The molecule has 1 atom stereocenters. The smallest absolute Gasteiger partial charge is 0.308 e. The van der Waals surface area contributed by atoms with Gasteiger partial charge in [-0.15, -0.1) is 0 Å². The second kappa shape index (κ2) is 9.44. The normalized spacial score (nSPS) is 11.7. The molecule has 104 valence electrons. The van der Waals surface area contributed by atoms with E-state index < -0.39 is 11.9 Å². The van der Waals surface area contributed by atoms with Gasteiger partial charge in [0.05, 0.1) is 12.5 Å². The molecular formula is C12H22N2O4. The Labute approximate surface area is 107 Å². The van der Waals surface area contributed by atoms with Crippen LogP contribution in [-0.4, -0.2) is 36.0 Å². The number of carboxylic acid groups (broad SMARTS) is 1. The molecule has 0 saturated carbocycles. The first kappa shape index (κ1) is 16.4. The molecule has 0 radical (unpaired) electrons. The maximum Gasteiger partial charge on any atom is 0.308 e. The molecule has 0 aromatic heterocycles. The van der Waals surface area contributed by atoms with Crippen molar-refractivity contribution < 1.29 is 19.5 Å². The maximum atomic E-state index is 11.4. The van der Waals surface area contributed by atoms with Gasteiger partial charge in [0.1, 0.15) is 0 Å². The average Bonchev–Trinajstić information content (AvgIpc) is 2.31. The Morgan fingerprint density at radius 2 is 1.72 bits per heavy atom. The Morgan fingerprint density at radius 3 is 2.22 bits per heavy atom. The first-order valence-corrected chi connectivity index (χ1v) is 6.27. The average molecular weight is 258 g/mol. The summed E-state index contributed by atoms with van der Waals surface area (Å²) in [7, 11) is 0. The largest absolute Gasteiger partial charge is 0.481 e. The Kier molecular flexibility index (Phi) is 8.61. The predicted molar refractivity (Wildman–Crippen MR) is 67.0 cm³/mol. The molecule has 0 aromatic carbocycles. The zero-order valence-electron chi connectivity index (χ0n) is 11.0. The van der Waals surface area contributed by atoms with E-state index in [0.717, 1.165) is 12.8 Å². The zero-order chi connectivity index (χ0) is 14.0. The number of aliphatic carboxylic acids is 1. The van der Waals surface area contributed by atoms with Crippen LogP contribution in [0.15, 0.2) is 0 Å². The molecule has 0 rings (SSSR count). The molecule has 0 heterocycles. The van der Waals surface area contributed by atoms with Crippen LogP contribution in [-0.2, 0) is 14.4 Å². The van der Waals surface area contributed by atoms with E-state index in [-0.39, 0.29) is 24.9 Å². The molecular weight excluding hydrogens is 236 g/mol. The minimum atomic E-state index is -0.910. The molecule has 3 N–H and O–H groups in total. The minimum Gasteiger partial charge on any atom is -0.481 e. The van der Waals surface area contributed by atoms with Gasteiger partial charge < -0.3 is 15.7 Å². The van der Waals surface area contributed by atoms with Crippen molar-refractivity contribution in [3.05, 3.63) is 0 Å². The quantitative estimate of drug-likeness (QED) is 0.562. The van der Waals surface area contributed by atoms with Crippen molar-refractivity contribution in [2.24, 2.45) is 5.92 Å². The molecule has 0 bridgehead atoms. The standard InChI is InChI=1S/C12H22N2O4/c1-3-5-9(12(17)18)7-13-11(16)8-14-10(15)6-4-2/h9H,3-8H2,1-2H3,(H,13,16)(H,14,15)(H,17,18). The van der Waals surface area contributed by atoms with Crippen molar-refractivity contribution >= 4 is 17.8 Å². The van der Waals surface area contributed by atoms with Crippen LogP contribution in [0.3, 0.4) is 0 Å². The Hall–Kier alpha value is -1.59. The molecule has 6 heteroatoms. The summed E-state index contributed by atoms with van der Waals surface area (Å²) in [4.78, 5) is 33.3. The summed E-state index contributed by atoms with van der Waals surface area (Å²) in [6, 6.07) is 0. The lowest BCUT2D eigenvalue weighted by Crippen LogP contribution is -2.40. The molecule has 0 aliphatic rings. The topological polar surface area (TPSA) is 95.5 Å². The van der Waals surface area contributed by atoms with Crippen LogP contribution in [0.25, 0.3) is 0 Å². The number of carboxylic acids is 1. The monoisotopic (exact) mass is 258 g/mol. The summed E-state index contributed by atoms with van der Waals surface area (Å²) in [5.74, 6) is -2.00. The van der Waals surface area contributed by atoms with Crippen molar-refractivity contribution in [1.82, 2.24) is 10.6 Å². The van der Waals surface area contributed by atoms with Crippen LogP contribution < -0.4 is 10.6 Å².